The molecule has 1 atom stereocenters. The third-order valence-corrected chi connectivity index (χ3v) is 4.61. The Hall–Kier alpha value is -2.67. The molecule has 0 N–H and O–H groups in total. The smallest absolute Gasteiger partial charge is 0.276 e. The van der Waals surface area contributed by atoms with Crippen molar-refractivity contribution < 1.29 is 23.6 Å². The first-order valence-corrected chi connectivity index (χ1v) is 9.04. The van der Waals surface area contributed by atoms with Gasteiger partial charge in [0.05, 0.1) is 6.61 Å². The summed E-state index contributed by atoms with van der Waals surface area (Å²) in [5.41, 5.74) is 0.862. The standard InChI is InChI=1S/C20H24N2O5/c1-14(23)16-6-3-7-17(9-16)26-13-18-10-19(21-27-18)20(24)22-8-4-5-15(11-22)12-25-2/h3,6-7,9-10,15H,4-5,8,11-13H2,1-2H3. The maximum absolute atomic E-state index is 12.6. The average molecular weight is 372 g/mol. The van der Waals surface area contributed by atoms with E-state index in [9.17, 15) is 9.59 Å². The Morgan fingerprint density at radius 2 is 2.19 bits per heavy atom. The van der Waals surface area contributed by atoms with E-state index in [0.717, 1.165) is 19.4 Å². The van der Waals surface area contributed by atoms with Crippen molar-refractivity contribution in [3.05, 3.63) is 47.3 Å². The molecular weight excluding hydrogens is 348 g/mol. The molecule has 1 aliphatic rings. The van der Waals surface area contributed by atoms with E-state index in [-0.39, 0.29) is 24.0 Å². The largest absolute Gasteiger partial charge is 0.486 e. The van der Waals surface area contributed by atoms with E-state index in [2.05, 4.69) is 5.16 Å². The second kappa shape index (κ2) is 8.81. The molecule has 1 aliphatic heterocycles. The number of methoxy groups -OCH3 is 1. The average Bonchev–Trinajstić information content (AvgIpc) is 3.15. The quantitative estimate of drug-likeness (QED) is 0.695. The molecule has 144 valence electrons. The van der Waals surface area contributed by atoms with Crippen LogP contribution in [0.4, 0.5) is 0 Å². The van der Waals surface area contributed by atoms with Gasteiger partial charge in [-0.05, 0) is 37.8 Å². The summed E-state index contributed by atoms with van der Waals surface area (Å²) in [6.07, 6.45) is 2.02. The molecular formula is C20H24N2O5. The summed E-state index contributed by atoms with van der Waals surface area (Å²) in [4.78, 5) is 25.9. The lowest BCUT2D eigenvalue weighted by molar-refractivity contribution is 0.0561. The SMILES string of the molecule is COCC1CCCN(C(=O)c2cc(COc3cccc(C(C)=O)c3)on2)C1. The summed E-state index contributed by atoms with van der Waals surface area (Å²) in [6, 6.07) is 8.54. The highest BCUT2D eigenvalue weighted by atomic mass is 16.5. The Morgan fingerprint density at radius 1 is 1.33 bits per heavy atom. The Morgan fingerprint density at radius 3 is 2.96 bits per heavy atom. The van der Waals surface area contributed by atoms with Crippen molar-refractivity contribution in [2.45, 2.75) is 26.4 Å². The van der Waals surface area contributed by atoms with E-state index >= 15 is 0 Å². The molecule has 1 fully saturated rings. The van der Waals surface area contributed by atoms with Gasteiger partial charge in [-0.15, -0.1) is 0 Å². The molecule has 7 heteroatoms. The van der Waals surface area contributed by atoms with Gasteiger partial charge < -0.3 is 18.9 Å². The summed E-state index contributed by atoms with van der Waals surface area (Å²) in [5, 5.41) is 3.89. The number of hydrogen-bond donors (Lipinski definition) is 0. The number of carbonyl (C=O) groups is 2. The van der Waals surface area contributed by atoms with Gasteiger partial charge in [-0.2, -0.15) is 0 Å². The van der Waals surface area contributed by atoms with Crippen molar-refractivity contribution in [1.29, 1.82) is 0 Å². The normalized spacial score (nSPS) is 17.0. The van der Waals surface area contributed by atoms with Crippen LogP contribution in [-0.4, -0.2) is 48.6 Å². The highest BCUT2D eigenvalue weighted by Gasteiger charge is 2.26. The minimum Gasteiger partial charge on any atom is -0.486 e. The number of carbonyl (C=O) groups excluding carboxylic acids is 2. The fourth-order valence-corrected chi connectivity index (χ4v) is 3.22. The third kappa shape index (κ3) is 4.95. The van der Waals surface area contributed by atoms with E-state index in [0.29, 0.717) is 36.1 Å². The number of Topliss-reactive ketones (excluding diaryl/α,β-unsaturated/α-hetero) is 1. The molecule has 1 saturated heterocycles. The number of aromatic nitrogens is 1. The Balaban J connectivity index is 1.58. The lowest BCUT2D eigenvalue weighted by Gasteiger charge is -2.31. The number of ether oxygens (including phenoxy) is 2. The Bertz CT molecular complexity index is 799. The number of rotatable bonds is 7. The van der Waals surface area contributed by atoms with Crippen LogP contribution in [0.25, 0.3) is 0 Å². The molecule has 27 heavy (non-hydrogen) atoms. The van der Waals surface area contributed by atoms with Crippen molar-refractivity contribution in [3.63, 3.8) is 0 Å². The number of ketones is 1. The Labute approximate surface area is 158 Å². The zero-order valence-corrected chi connectivity index (χ0v) is 15.6. The predicted molar refractivity (Wildman–Crippen MR) is 97.8 cm³/mol. The molecule has 1 unspecified atom stereocenters. The van der Waals surface area contributed by atoms with E-state index in [1.165, 1.54) is 6.92 Å². The van der Waals surface area contributed by atoms with Gasteiger partial charge in [0.15, 0.2) is 17.2 Å². The van der Waals surface area contributed by atoms with Crippen molar-refractivity contribution in [1.82, 2.24) is 10.1 Å². The van der Waals surface area contributed by atoms with Crippen molar-refractivity contribution in [3.8, 4) is 5.75 Å². The van der Waals surface area contributed by atoms with Gasteiger partial charge in [-0.1, -0.05) is 17.3 Å². The number of hydrogen-bond acceptors (Lipinski definition) is 6. The molecule has 0 aliphatic carbocycles. The van der Waals surface area contributed by atoms with Gasteiger partial charge >= 0.3 is 0 Å². The van der Waals surface area contributed by atoms with Crippen LogP contribution in [0.3, 0.4) is 0 Å². The zero-order valence-electron chi connectivity index (χ0n) is 15.6. The van der Waals surface area contributed by atoms with Gasteiger partial charge in [0.1, 0.15) is 12.4 Å². The van der Waals surface area contributed by atoms with Gasteiger partial charge in [0.25, 0.3) is 5.91 Å². The Kier molecular flexibility index (Phi) is 6.24. The highest BCUT2D eigenvalue weighted by Crippen LogP contribution is 2.20. The predicted octanol–water partition coefficient (Wildman–Crippen LogP) is 2.95. The number of piperidine rings is 1. The fraction of sp³-hybridized carbons (Fsp3) is 0.450. The second-order valence-corrected chi connectivity index (χ2v) is 6.77. The maximum atomic E-state index is 12.6. The summed E-state index contributed by atoms with van der Waals surface area (Å²) in [5.74, 6) is 1.21. The van der Waals surface area contributed by atoms with Crippen molar-refractivity contribution >= 4 is 11.7 Å². The molecule has 7 nitrogen and oxygen atoms in total. The van der Waals surface area contributed by atoms with Crippen LogP contribution < -0.4 is 4.74 Å². The first-order chi connectivity index (χ1) is 13.1. The number of benzene rings is 1. The minimum absolute atomic E-state index is 0.0266. The molecule has 2 heterocycles. The number of amides is 1. The first kappa shape index (κ1) is 19.1. The van der Waals surface area contributed by atoms with E-state index < -0.39 is 0 Å². The van der Waals surface area contributed by atoms with Crippen LogP contribution in [0.5, 0.6) is 5.75 Å². The van der Waals surface area contributed by atoms with Gasteiger partial charge in [-0.25, -0.2) is 0 Å². The highest BCUT2D eigenvalue weighted by molar-refractivity contribution is 5.94. The van der Waals surface area contributed by atoms with Gasteiger partial charge in [-0.3, -0.25) is 9.59 Å². The van der Waals surface area contributed by atoms with Crippen LogP contribution in [0.2, 0.25) is 0 Å². The van der Waals surface area contributed by atoms with E-state index in [4.69, 9.17) is 14.0 Å². The number of nitrogens with zero attached hydrogens (tertiary/aromatic N) is 2. The van der Waals surface area contributed by atoms with Gasteiger partial charge in [0, 0.05) is 31.8 Å². The topological polar surface area (TPSA) is 81.9 Å². The van der Waals surface area contributed by atoms with Crippen molar-refractivity contribution in [2.75, 3.05) is 26.8 Å². The number of likely N-dealkylation sites (tertiary alicyclic amines) is 1. The molecule has 0 bridgehead atoms. The molecule has 0 spiro atoms. The summed E-state index contributed by atoms with van der Waals surface area (Å²) >= 11 is 0. The van der Waals surface area contributed by atoms with Crippen LogP contribution in [0, 0.1) is 5.92 Å². The molecule has 0 saturated carbocycles. The molecule has 1 amide bonds. The first-order valence-electron chi connectivity index (χ1n) is 9.04. The molecule has 1 aromatic heterocycles. The molecule has 0 radical (unpaired) electrons. The maximum Gasteiger partial charge on any atom is 0.276 e. The monoisotopic (exact) mass is 372 g/mol. The minimum atomic E-state index is -0.135. The molecule has 2 aromatic rings. The summed E-state index contributed by atoms with van der Waals surface area (Å²) in [6.45, 7) is 3.68. The van der Waals surface area contributed by atoms with Crippen LogP contribution >= 0.6 is 0 Å². The van der Waals surface area contributed by atoms with Gasteiger partial charge in [0.2, 0.25) is 0 Å². The zero-order chi connectivity index (χ0) is 19.2. The second-order valence-electron chi connectivity index (χ2n) is 6.77. The fourth-order valence-electron chi connectivity index (χ4n) is 3.22. The summed E-state index contributed by atoms with van der Waals surface area (Å²) < 4.78 is 16.1. The summed E-state index contributed by atoms with van der Waals surface area (Å²) in [7, 11) is 1.68. The van der Waals surface area contributed by atoms with Crippen LogP contribution in [0.15, 0.2) is 34.9 Å². The third-order valence-electron chi connectivity index (χ3n) is 4.61. The van der Waals surface area contributed by atoms with Crippen LogP contribution in [-0.2, 0) is 11.3 Å². The van der Waals surface area contributed by atoms with Crippen LogP contribution in [0.1, 0.15) is 46.4 Å². The van der Waals surface area contributed by atoms with Crippen molar-refractivity contribution in [2.24, 2.45) is 5.92 Å². The molecule has 3 rings (SSSR count). The van der Waals surface area contributed by atoms with E-state index in [1.54, 1.807) is 42.3 Å². The van der Waals surface area contributed by atoms with E-state index in [1.807, 2.05) is 0 Å². The molecule has 1 aromatic carbocycles. The lowest BCUT2D eigenvalue weighted by Crippen LogP contribution is -2.41. The lowest BCUT2D eigenvalue weighted by atomic mass is 9.99.